The summed E-state index contributed by atoms with van der Waals surface area (Å²) >= 11 is 6.23. The summed E-state index contributed by atoms with van der Waals surface area (Å²) in [5.74, 6) is -0.913. The molecular weight excluding hydrogens is 846 g/mol. The van der Waals surface area contributed by atoms with Gasteiger partial charge in [0.1, 0.15) is 29.5 Å². The summed E-state index contributed by atoms with van der Waals surface area (Å²) in [5.41, 5.74) is 1.88. The van der Waals surface area contributed by atoms with Crippen molar-refractivity contribution in [3.63, 3.8) is 0 Å². The molecule has 4 N–H and O–H groups in total. The smallest absolute Gasteiger partial charge is 0.278 e. The number of benzene rings is 3. The maximum atomic E-state index is 13.4. The second-order valence-electron chi connectivity index (χ2n) is 16.7. The number of fused-ring (bicyclic) bond motifs is 1. The molecule has 2 aromatic heterocycles. The Labute approximate surface area is 372 Å². The van der Waals surface area contributed by atoms with Crippen LogP contribution in [0.4, 0.5) is 5.69 Å². The van der Waals surface area contributed by atoms with Gasteiger partial charge >= 0.3 is 0 Å². The zero-order valence-corrected chi connectivity index (χ0v) is 36.5. The molecule has 1 aliphatic heterocycles. The van der Waals surface area contributed by atoms with E-state index >= 15 is 0 Å². The van der Waals surface area contributed by atoms with Crippen LogP contribution in [-0.4, -0.2) is 105 Å². The molecular formula is C44H48ClN11O8. The number of carbonyl (C=O) groups excluding carboxylic acids is 4. The number of nitrogens with zero attached hydrogens (tertiary/aromatic N) is 7. The number of aromatic nitrogens is 6. The van der Waals surface area contributed by atoms with Gasteiger partial charge in [0.25, 0.3) is 17.4 Å². The number of imide groups is 1. The first-order valence-corrected chi connectivity index (χ1v) is 21.1. The first kappa shape index (κ1) is 45.3. The molecule has 0 bridgehead atoms. The Morgan fingerprint density at radius 1 is 0.938 bits per heavy atom. The van der Waals surface area contributed by atoms with Crippen LogP contribution in [0, 0.1) is 22.2 Å². The Hall–Kier alpha value is -6.75. The fourth-order valence-electron chi connectivity index (χ4n) is 8.41. The van der Waals surface area contributed by atoms with Gasteiger partial charge in [-0.3, -0.25) is 29.3 Å². The lowest BCUT2D eigenvalue weighted by atomic mass is 9.49. The Morgan fingerprint density at radius 2 is 1.69 bits per heavy atom. The second kappa shape index (κ2) is 19.3. The average Bonchev–Trinajstić information content (AvgIpc) is 3.75. The van der Waals surface area contributed by atoms with Gasteiger partial charge in [-0.15, -0.1) is 10.2 Å². The van der Waals surface area contributed by atoms with E-state index in [9.17, 15) is 29.2 Å². The maximum absolute atomic E-state index is 13.4. The number of piperidine rings is 1. The van der Waals surface area contributed by atoms with Crippen molar-refractivity contribution in [1.29, 1.82) is 5.26 Å². The number of amides is 4. The van der Waals surface area contributed by atoms with Crippen LogP contribution in [0.5, 0.6) is 5.75 Å². The van der Waals surface area contributed by atoms with Crippen LogP contribution in [0.15, 0.2) is 71.7 Å². The topological polar surface area (TPSA) is 246 Å². The molecule has 1 saturated carbocycles. The van der Waals surface area contributed by atoms with Crippen molar-refractivity contribution in [2.24, 2.45) is 10.8 Å². The van der Waals surface area contributed by atoms with Crippen LogP contribution >= 0.6 is 11.6 Å². The van der Waals surface area contributed by atoms with Crippen LogP contribution in [0.25, 0.3) is 16.6 Å². The van der Waals surface area contributed by atoms with Gasteiger partial charge in [0.2, 0.25) is 11.8 Å². The molecule has 3 heterocycles. The van der Waals surface area contributed by atoms with Gasteiger partial charge in [-0.05, 0) is 61.0 Å². The summed E-state index contributed by atoms with van der Waals surface area (Å²) in [6.45, 7) is 9.80. The van der Waals surface area contributed by atoms with Gasteiger partial charge in [-0.25, -0.2) is 4.68 Å². The van der Waals surface area contributed by atoms with E-state index < -0.39 is 34.2 Å². The number of ether oxygens (including phenoxy) is 3. The van der Waals surface area contributed by atoms with Crippen LogP contribution in [0.3, 0.4) is 0 Å². The van der Waals surface area contributed by atoms with E-state index in [0.717, 1.165) is 16.1 Å². The van der Waals surface area contributed by atoms with Crippen molar-refractivity contribution < 1.29 is 33.4 Å². The van der Waals surface area contributed by atoms with Gasteiger partial charge in [0, 0.05) is 53.6 Å². The van der Waals surface area contributed by atoms with E-state index in [1.54, 1.807) is 53.2 Å². The number of nitrogens with one attached hydrogen (secondary N) is 4. The minimum atomic E-state index is -0.934. The normalized spacial score (nSPS) is 18.7. The van der Waals surface area contributed by atoms with Crippen molar-refractivity contribution in [2.75, 3.05) is 44.8 Å². The van der Waals surface area contributed by atoms with E-state index in [1.165, 1.54) is 0 Å². The number of carbonyl (C=O) groups is 4. The Morgan fingerprint density at radius 3 is 2.41 bits per heavy atom. The van der Waals surface area contributed by atoms with E-state index in [4.69, 9.17) is 25.8 Å². The Bertz CT molecular complexity index is 2640. The molecule has 7 rings (SSSR count). The first-order valence-electron chi connectivity index (χ1n) is 20.7. The SMILES string of the molecule is CC1(C)C(NC(=O)c2ccc(-n3cc(CCOCCOCCNC(=O)CNc4ccc5nnn(C6CCC(=O)NC6=O)c(=O)c5c4)nn3)cc2)C(C)(C)C1Oc1ccc(C#N)c(Cl)c1. The highest BCUT2D eigenvalue weighted by molar-refractivity contribution is 6.31. The molecule has 64 heavy (non-hydrogen) atoms. The lowest BCUT2D eigenvalue weighted by Crippen LogP contribution is -2.74. The van der Waals surface area contributed by atoms with Crippen LogP contribution in [0.1, 0.15) is 68.2 Å². The third-order valence-corrected chi connectivity index (χ3v) is 11.8. The van der Waals surface area contributed by atoms with Crippen molar-refractivity contribution in [1.82, 2.24) is 45.9 Å². The zero-order valence-electron chi connectivity index (χ0n) is 35.7. The third kappa shape index (κ3) is 10.0. The highest BCUT2D eigenvalue weighted by atomic mass is 35.5. The van der Waals surface area contributed by atoms with Gasteiger partial charge in [-0.2, -0.15) is 9.94 Å². The molecule has 334 valence electrons. The summed E-state index contributed by atoms with van der Waals surface area (Å²) < 4.78 is 20.2. The molecule has 1 unspecified atom stereocenters. The standard InChI is InChI=1S/C44H48ClN11O8/c1-43(2)41(44(3,4)42(43)64-31-11-7-27(23-46)33(45)22-31)50-38(59)26-5-9-30(10-6-26)55-25-29(51-53-55)15-17-62-19-20-63-18-16-47-37(58)24-48-28-8-12-34-32(21-28)40(61)56(54-52-34)35-13-14-36(57)49-39(35)60/h5-12,21-22,25,35,41-42,48H,13-20,24H2,1-4H3,(H,47,58)(H,50,59)(H,49,57,60). The summed E-state index contributed by atoms with van der Waals surface area (Å²) in [4.78, 5) is 62.7. The summed E-state index contributed by atoms with van der Waals surface area (Å²) in [5, 5.41) is 37.3. The highest BCUT2D eigenvalue weighted by Gasteiger charge is 2.64. The van der Waals surface area contributed by atoms with Crippen molar-refractivity contribution in [2.45, 2.75) is 65.1 Å². The van der Waals surface area contributed by atoms with E-state index in [-0.39, 0.29) is 61.9 Å². The average molecular weight is 894 g/mol. The fourth-order valence-corrected chi connectivity index (χ4v) is 8.62. The third-order valence-electron chi connectivity index (χ3n) is 11.5. The molecule has 5 aromatic rings. The fraction of sp³-hybridized carbons (Fsp3) is 0.409. The molecule has 0 spiro atoms. The molecule has 4 amide bonds. The van der Waals surface area contributed by atoms with Gasteiger partial charge in [0.05, 0.1) is 66.5 Å². The predicted molar refractivity (Wildman–Crippen MR) is 233 cm³/mol. The second-order valence-corrected chi connectivity index (χ2v) is 17.1. The van der Waals surface area contributed by atoms with Gasteiger partial charge < -0.3 is 30.2 Å². The minimum Gasteiger partial charge on any atom is -0.489 e. The number of anilines is 1. The van der Waals surface area contributed by atoms with Crippen molar-refractivity contribution >= 4 is 51.8 Å². The molecule has 2 aliphatic rings. The summed E-state index contributed by atoms with van der Waals surface area (Å²) in [6, 6.07) is 17.9. The molecule has 1 atom stereocenters. The highest BCUT2D eigenvalue weighted by Crippen LogP contribution is 2.55. The van der Waals surface area contributed by atoms with Gasteiger partial charge in [-0.1, -0.05) is 49.7 Å². The van der Waals surface area contributed by atoms with Crippen molar-refractivity contribution in [3.8, 4) is 17.5 Å². The summed E-state index contributed by atoms with van der Waals surface area (Å²) in [6.07, 6.45) is 2.36. The molecule has 0 radical (unpaired) electrons. The minimum absolute atomic E-state index is 0.0581. The number of rotatable bonds is 18. The number of hydrogen-bond donors (Lipinski definition) is 4. The predicted octanol–water partition coefficient (Wildman–Crippen LogP) is 3.29. The number of nitriles is 1. The number of hydrogen-bond acceptors (Lipinski definition) is 14. The Balaban J connectivity index is 0.769. The first-order chi connectivity index (χ1) is 30.6. The maximum Gasteiger partial charge on any atom is 0.278 e. The van der Waals surface area contributed by atoms with Crippen LogP contribution < -0.4 is 31.6 Å². The lowest BCUT2D eigenvalue weighted by Gasteiger charge is -2.63. The summed E-state index contributed by atoms with van der Waals surface area (Å²) in [7, 11) is 0. The van der Waals surface area contributed by atoms with E-state index in [1.807, 2.05) is 18.3 Å². The molecule has 20 heteroatoms. The molecule has 3 aromatic carbocycles. The van der Waals surface area contributed by atoms with Crippen LogP contribution in [0.2, 0.25) is 5.02 Å². The van der Waals surface area contributed by atoms with Crippen LogP contribution in [-0.2, 0) is 30.3 Å². The van der Waals surface area contributed by atoms with Crippen molar-refractivity contribution in [3.05, 3.63) is 99.1 Å². The molecule has 19 nitrogen and oxygen atoms in total. The molecule has 2 fully saturated rings. The van der Waals surface area contributed by atoms with E-state index in [2.05, 4.69) is 75.7 Å². The molecule has 1 aliphatic carbocycles. The monoisotopic (exact) mass is 893 g/mol. The largest absolute Gasteiger partial charge is 0.489 e. The zero-order chi connectivity index (χ0) is 45.6. The number of halogens is 1. The quantitative estimate of drug-likeness (QED) is 0.0729. The Kier molecular flexibility index (Phi) is 13.7. The van der Waals surface area contributed by atoms with Gasteiger partial charge in [0.15, 0.2) is 0 Å². The lowest BCUT2D eigenvalue weighted by molar-refractivity contribution is -0.164. The molecule has 1 saturated heterocycles. The van der Waals surface area contributed by atoms with E-state index in [0.29, 0.717) is 59.3 Å².